The fourth-order valence-corrected chi connectivity index (χ4v) is 3.22. The van der Waals surface area contributed by atoms with E-state index in [-0.39, 0.29) is 6.04 Å². The topological polar surface area (TPSA) is 12.0 Å². The molecule has 0 bridgehead atoms. The summed E-state index contributed by atoms with van der Waals surface area (Å²) in [5.41, 5.74) is -0.518. The zero-order chi connectivity index (χ0) is 13.2. The van der Waals surface area contributed by atoms with Crippen LogP contribution in [-0.4, -0.2) is 12.6 Å². The van der Waals surface area contributed by atoms with Crippen LogP contribution in [0.1, 0.15) is 32.8 Å². The van der Waals surface area contributed by atoms with E-state index >= 15 is 4.39 Å². The lowest BCUT2D eigenvalue weighted by molar-refractivity contribution is 0.107. The molecule has 2 rings (SSSR count). The van der Waals surface area contributed by atoms with Crippen molar-refractivity contribution in [2.45, 2.75) is 38.9 Å². The fourth-order valence-electron chi connectivity index (χ4n) is 2.45. The third kappa shape index (κ3) is 2.29. The van der Waals surface area contributed by atoms with Crippen molar-refractivity contribution >= 4 is 21.4 Å². The zero-order valence-corrected chi connectivity index (χ0v) is 12.0. The third-order valence-corrected chi connectivity index (χ3v) is 4.54. The molecule has 0 aliphatic carbocycles. The summed E-state index contributed by atoms with van der Waals surface area (Å²) in [6.45, 7) is 6.62. The van der Waals surface area contributed by atoms with E-state index < -0.39 is 5.67 Å². The summed E-state index contributed by atoms with van der Waals surface area (Å²) in [7, 11) is 0. The highest BCUT2D eigenvalue weighted by Crippen LogP contribution is 2.36. The summed E-state index contributed by atoms with van der Waals surface area (Å²) in [5.74, 6) is 0. The van der Waals surface area contributed by atoms with Crippen molar-refractivity contribution in [3.05, 3.63) is 35.2 Å². The second-order valence-electron chi connectivity index (χ2n) is 4.67. The Bertz CT molecular complexity index is 522. The van der Waals surface area contributed by atoms with E-state index in [4.69, 9.17) is 0 Å². The number of thiophene rings is 1. The van der Waals surface area contributed by atoms with E-state index in [9.17, 15) is 0 Å². The van der Waals surface area contributed by atoms with Gasteiger partial charge in [0.25, 0.3) is 0 Å². The van der Waals surface area contributed by atoms with Crippen LogP contribution in [-0.2, 0) is 5.67 Å². The van der Waals surface area contributed by atoms with Gasteiger partial charge in [0.2, 0.25) is 0 Å². The second-order valence-corrected chi connectivity index (χ2v) is 5.62. The van der Waals surface area contributed by atoms with Gasteiger partial charge in [-0.05, 0) is 54.4 Å². The number of halogens is 1. The van der Waals surface area contributed by atoms with Crippen molar-refractivity contribution in [3.8, 4) is 0 Å². The van der Waals surface area contributed by atoms with Gasteiger partial charge < -0.3 is 5.32 Å². The second kappa shape index (κ2) is 5.37. The molecule has 0 fully saturated rings. The first-order chi connectivity index (χ1) is 8.61. The molecule has 0 spiro atoms. The van der Waals surface area contributed by atoms with Crippen molar-refractivity contribution < 1.29 is 4.39 Å². The van der Waals surface area contributed by atoms with Crippen LogP contribution in [0.15, 0.2) is 29.6 Å². The molecule has 98 valence electrons. The van der Waals surface area contributed by atoms with Crippen LogP contribution >= 0.6 is 11.3 Å². The van der Waals surface area contributed by atoms with E-state index in [0.717, 1.165) is 17.5 Å². The zero-order valence-electron chi connectivity index (χ0n) is 11.2. The van der Waals surface area contributed by atoms with E-state index in [1.54, 1.807) is 11.3 Å². The van der Waals surface area contributed by atoms with Gasteiger partial charge in [0.1, 0.15) is 0 Å². The highest BCUT2D eigenvalue weighted by Gasteiger charge is 2.36. The molecule has 0 aliphatic rings. The van der Waals surface area contributed by atoms with Gasteiger partial charge in [-0.2, -0.15) is 0 Å². The fraction of sp³-hybridized carbons (Fsp3) is 0.467. The molecule has 1 aromatic carbocycles. The maximum Gasteiger partial charge on any atom is 0.150 e. The molecular weight excluding hydrogens is 245 g/mol. The van der Waals surface area contributed by atoms with Crippen LogP contribution in [0.4, 0.5) is 4.39 Å². The SMILES string of the molecule is CCNC(C)C(F)(CC)c1ccc2sccc2c1. The predicted octanol–water partition coefficient (Wildman–Crippen LogP) is 4.47. The van der Waals surface area contributed by atoms with Crippen LogP contribution in [0, 0.1) is 0 Å². The molecule has 1 aromatic heterocycles. The number of hydrogen-bond donors (Lipinski definition) is 1. The molecular formula is C15H20FNS. The predicted molar refractivity (Wildman–Crippen MR) is 78.0 cm³/mol. The number of likely N-dealkylation sites (N-methyl/N-ethyl adjacent to an activating group) is 1. The maximum absolute atomic E-state index is 15.2. The standard InChI is InChI=1S/C15H20FNS/c1-4-15(16,11(3)17-5-2)13-6-7-14-12(10-13)8-9-18-14/h6-11,17H,4-5H2,1-3H3. The van der Waals surface area contributed by atoms with Gasteiger partial charge in [0, 0.05) is 10.7 Å². The maximum atomic E-state index is 15.2. The number of fused-ring (bicyclic) bond motifs is 1. The summed E-state index contributed by atoms with van der Waals surface area (Å²) in [6.07, 6.45) is 0.483. The van der Waals surface area contributed by atoms with E-state index in [0.29, 0.717) is 6.42 Å². The number of nitrogens with one attached hydrogen (secondary N) is 1. The minimum absolute atomic E-state index is 0.177. The summed E-state index contributed by atoms with van der Waals surface area (Å²) in [4.78, 5) is 0. The summed E-state index contributed by atoms with van der Waals surface area (Å²) in [6, 6.07) is 7.82. The van der Waals surface area contributed by atoms with Crippen LogP contribution in [0.25, 0.3) is 10.1 Å². The Labute approximate surface area is 112 Å². The highest BCUT2D eigenvalue weighted by atomic mass is 32.1. The summed E-state index contributed by atoms with van der Waals surface area (Å²) < 4.78 is 16.4. The molecule has 1 N–H and O–H groups in total. The Morgan fingerprint density at radius 3 is 2.78 bits per heavy atom. The minimum Gasteiger partial charge on any atom is -0.311 e. The third-order valence-electron chi connectivity index (χ3n) is 3.64. The Kier molecular flexibility index (Phi) is 4.03. The van der Waals surface area contributed by atoms with Crippen molar-refractivity contribution in [1.82, 2.24) is 5.32 Å². The molecule has 1 heterocycles. The number of hydrogen-bond acceptors (Lipinski definition) is 2. The first kappa shape index (κ1) is 13.5. The average molecular weight is 265 g/mol. The molecule has 0 radical (unpaired) electrons. The molecule has 0 amide bonds. The van der Waals surface area contributed by atoms with Gasteiger partial charge in [0.15, 0.2) is 5.67 Å². The van der Waals surface area contributed by atoms with E-state index in [2.05, 4.69) is 11.4 Å². The highest BCUT2D eigenvalue weighted by molar-refractivity contribution is 7.17. The first-order valence-corrected chi connectivity index (χ1v) is 7.39. The Morgan fingerprint density at radius 1 is 1.33 bits per heavy atom. The number of alkyl halides is 1. The van der Waals surface area contributed by atoms with Crippen LogP contribution < -0.4 is 5.32 Å². The Morgan fingerprint density at radius 2 is 2.11 bits per heavy atom. The van der Waals surface area contributed by atoms with E-state index in [1.165, 1.54) is 4.70 Å². The normalized spacial score (nSPS) is 16.7. The van der Waals surface area contributed by atoms with Gasteiger partial charge in [0.05, 0.1) is 0 Å². The van der Waals surface area contributed by atoms with Crippen LogP contribution in [0.3, 0.4) is 0 Å². The molecule has 2 atom stereocenters. The summed E-state index contributed by atoms with van der Waals surface area (Å²) >= 11 is 1.69. The van der Waals surface area contributed by atoms with Crippen molar-refractivity contribution in [2.75, 3.05) is 6.54 Å². The van der Waals surface area contributed by atoms with Crippen LogP contribution in [0.2, 0.25) is 0 Å². The van der Waals surface area contributed by atoms with E-state index in [1.807, 2.05) is 44.4 Å². The van der Waals surface area contributed by atoms with Gasteiger partial charge >= 0.3 is 0 Å². The lowest BCUT2D eigenvalue weighted by Crippen LogP contribution is -2.43. The molecule has 1 nitrogen and oxygen atoms in total. The minimum atomic E-state index is -1.30. The Hall–Kier alpha value is -0.930. The summed E-state index contributed by atoms with van der Waals surface area (Å²) in [5, 5.41) is 6.39. The molecule has 18 heavy (non-hydrogen) atoms. The lowest BCUT2D eigenvalue weighted by atomic mass is 9.86. The smallest absolute Gasteiger partial charge is 0.150 e. The quantitative estimate of drug-likeness (QED) is 0.841. The van der Waals surface area contributed by atoms with Gasteiger partial charge in [-0.25, -0.2) is 4.39 Å². The molecule has 0 aliphatic heterocycles. The first-order valence-electron chi connectivity index (χ1n) is 6.51. The van der Waals surface area contributed by atoms with Crippen molar-refractivity contribution in [3.63, 3.8) is 0 Å². The van der Waals surface area contributed by atoms with Crippen molar-refractivity contribution in [1.29, 1.82) is 0 Å². The van der Waals surface area contributed by atoms with Gasteiger partial charge in [-0.3, -0.25) is 0 Å². The van der Waals surface area contributed by atoms with Gasteiger partial charge in [-0.15, -0.1) is 11.3 Å². The van der Waals surface area contributed by atoms with Crippen LogP contribution in [0.5, 0.6) is 0 Å². The number of benzene rings is 1. The molecule has 3 heteroatoms. The average Bonchev–Trinajstić information content (AvgIpc) is 2.85. The monoisotopic (exact) mass is 265 g/mol. The van der Waals surface area contributed by atoms with Crippen molar-refractivity contribution in [2.24, 2.45) is 0 Å². The molecule has 0 saturated carbocycles. The number of rotatable bonds is 5. The largest absolute Gasteiger partial charge is 0.311 e. The molecule has 2 aromatic rings. The molecule has 2 unspecified atom stereocenters. The lowest BCUT2D eigenvalue weighted by Gasteiger charge is -2.31. The Balaban J connectivity index is 2.41. The van der Waals surface area contributed by atoms with Gasteiger partial charge in [-0.1, -0.05) is 19.9 Å². The molecule has 0 saturated heterocycles.